The van der Waals surface area contributed by atoms with Gasteiger partial charge in [-0.2, -0.15) is 9.50 Å². The molecule has 0 bridgehead atoms. The fourth-order valence-corrected chi connectivity index (χ4v) is 3.90. The van der Waals surface area contributed by atoms with Crippen LogP contribution in [-0.4, -0.2) is 40.3 Å². The molecule has 3 aromatic rings. The standard InChI is InChI=1S/C17H20N8O2/c26-15(18-9-14-22-21-13-6-3-7-24(13)14)8-12-20-17-19-11-5-2-1-4-10(11)16(27)25(17)23-12/h1-9H2,(H,18,26)(H,19,20,23). The van der Waals surface area contributed by atoms with E-state index in [1.165, 1.54) is 4.52 Å². The van der Waals surface area contributed by atoms with Gasteiger partial charge in [0, 0.05) is 18.5 Å². The maximum absolute atomic E-state index is 12.6. The van der Waals surface area contributed by atoms with Gasteiger partial charge < -0.3 is 9.88 Å². The molecule has 1 amide bonds. The molecule has 0 saturated heterocycles. The molecule has 0 unspecified atom stereocenters. The van der Waals surface area contributed by atoms with E-state index in [-0.39, 0.29) is 17.9 Å². The molecule has 3 aromatic heterocycles. The molecular weight excluding hydrogens is 348 g/mol. The minimum absolute atomic E-state index is 0.0501. The van der Waals surface area contributed by atoms with Crippen LogP contribution >= 0.6 is 0 Å². The third kappa shape index (κ3) is 2.81. The first-order valence-corrected chi connectivity index (χ1v) is 9.36. The van der Waals surface area contributed by atoms with Crippen LogP contribution < -0.4 is 10.9 Å². The predicted molar refractivity (Wildman–Crippen MR) is 94.1 cm³/mol. The fraction of sp³-hybridized carbons (Fsp3) is 0.529. The van der Waals surface area contributed by atoms with E-state index in [4.69, 9.17) is 0 Å². The first-order chi connectivity index (χ1) is 13.2. The van der Waals surface area contributed by atoms with Crippen molar-refractivity contribution in [3.63, 3.8) is 0 Å². The molecule has 0 saturated carbocycles. The van der Waals surface area contributed by atoms with Gasteiger partial charge in [-0.05, 0) is 32.1 Å². The largest absolute Gasteiger partial charge is 0.348 e. The number of aryl methyl sites for hydroxylation is 2. The van der Waals surface area contributed by atoms with E-state index in [2.05, 4.69) is 35.1 Å². The molecule has 2 aliphatic rings. The Hall–Kier alpha value is -3.04. The molecule has 1 aliphatic heterocycles. The zero-order chi connectivity index (χ0) is 18.4. The number of aromatic nitrogens is 7. The summed E-state index contributed by atoms with van der Waals surface area (Å²) in [7, 11) is 0. The molecule has 0 radical (unpaired) electrons. The van der Waals surface area contributed by atoms with Crippen LogP contribution in [0.1, 0.15) is 48.0 Å². The zero-order valence-electron chi connectivity index (χ0n) is 14.9. The van der Waals surface area contributed by atoms with Crippen molar-refractivity contribution in [1.82, 2.24) is 39.7 Å². The van der Waals surface area contributed by atoms with Gasteiger partial charge in [0.2, 0.25) is 5.91 Å². The first-order valence-electron chi connectivity index (χ1n) is 9.36. The monoisotopic (exact) mass is 368 g/mol. The molecule has 0 spiro atoms. The van der Waals surface area contributed by atoms with Crippen LogP contribution in [0.3, 0.4) is 0 Å². The van der Waals surface area contributed by atoms with Crippen molar-refractivity contribution < 1.29 is 4.79 Å². The quantitative estimate of drug-likeness (QED) is 0.651. The number of hydrogen-bond acceptors (Lipinski definition) is 6. The van der Waals surface area contributed by atoms with E-state index in [1.807, 2.05) is 0 Å². The van der Waals surface area contributed by atoms with E-state index >= 15 is 0 Å². The Morgan fingerprint density at radius 2 is 2.00 bits per heavy atom. The van der Waals surface area contributed by atoms with Gasteiger partial charge in [0.05, 0.1) is 18.7 Å². The average molecular weight is 368 g/mol. The first kappa shape index (κ1) is 16.2. The smallest absolute Gasteiger partial charge is 0.277 e. The third-order valence-electron chi connectivity index (χ3n) is 5.27. The molecule has 10 nitrogen and oxygen atoms in total. The molecule has 2 N–H and O–H groups in total. The molecule has 140 valence electrons. The molecule has 10 heteroatoms. The summed E-state index contributed by atoms with van der Waals surface area (Å²) < 4.78 is 3.40. The van der Waals surface area contributed by atoms with Gasteiger partial charge >= 0.3 is 0 Å². The predicted octanol–water partition coefficient (Wildman–Crippen LogP) is -0.307. The average Bonchev–Trinajstić information content (AvgIpc) is 3.36. The lowest BCUT2D eigenvalue weighted by Gasteiger charge is -2.12. The molecular formula is C17H20N8O2. The number of H-pyrrole nitrogens is 1. The van der Waals surface area contributed by atoms with Crippen LogP contribution in [0.15, 0.2) is 4.79 Å². The SMILES string of the molecule is O=C(Cc1nc2nc3c(c(=O)n2[nH]1)CCCC3)NCc1nnc2n1CCC2. The summed E-state index contributed by atoms with van der Waals surface area (Å²) in [5.41, 5.74) is 1.50. The van der Waals surface area contributed by atoms with Crippen molar-refractivity contribution in [2.45, 2.75) is 58.0 Å². The highest BCUT2D eigenvalue weighted by Gasteiger charge is 2.20. The lowest BCUT2D eigenvalue weighted by Crippen LogP contribution is -2.27. The van der Waals surface area contributed by atoms with Gasteiger partial charge in [-0.1, -0.05) is 0 Å². The Kier molecular flexibility index (Phi) is 3.76. The van der Waals surface area contributed by atoms with Gasteiger partial charge in [-0.15, -0.1) is 10.2 Å². The Bertz CT molecular complexity index is 1090. The number of carbonyl (C=O) groups is 1. The highest BCUT2D eigenvalue weighted by molar-refractivity contribution is 5.77. The van der Waals surface area contributed by atoms with Crippen molar-refractivity contribution >= 4 is 11.7 Å². The summed E-state index contributed by atoms with van der Waals surface area (Å²) in [6.07, 6.45) is 5.66. The van der Waals surface area contributed by atoms with Crippen LogP contribution in [-0.2, 0) is 43.6 Å². The number of fused-ring (bicyclic) bond motifs is 3. The van der Waals surface area contributed by atoms with Gasteiger partial charge in [0.25, 0.3) is 11.3 Å². The van der Waals surface area contributed by atoms with Crippen molar-refractivity contribution in [2.24, 2.45) is 0 Å². The number of nitrogens with zero attached hydrogens (tertiary/aromatic N) is 6. The van der Waals surface area contributed by atoms with E-state index in [0.29, 0.717) is 18.1 Å². The lowest BCUT2D eigenvalue weighted by atomic mass is 9.97. The van der Waals surface area contributed by atoms with Crippen LogP contribution in [0.2, 0.25) is 0 Å². The van der Waals surface area contributed by atoms with E-state index < -0.39 is 0 Å². The lowest BCUT2D eigenvalue weighted by molar-refractivity contribution is -0.120. The van der Waals surface area contributed by atoms with E-state index in [1.54, 1.807) is 0 Å². The normalized spacial score (nSPS) is 15.7. The molecule has 4 heterocycles. The summed E-state index contributed by atoms with van der Waals surface area (Å²) in [6.45, 7) is 1.23. The maximum Gasteiger partial charge on any atom is 0.277 e. The maximum atomic E-state index is 12.6. The summed E-state index contributed by atoms with van der Waals surface area (Å²) in [6, 6.07) is 0. The highest BCUT2D eigenvalue weighted by atomic mass is 16.1. The zero-order valence-corrected chi connectivity index (χ0v) is 14.9. The van der Waals surface area contributed by atoms with Gasteiger partial charge in [-0.3, -0.25) is 14.7 Å². The van der Waals surface area contributed by atoms with E-state index in [9.17, 15) is 9.59 Å². The molecule has 27 heavy (non-hydrogen) atoms. The van der Waals surface area contributed by atoms with Crippen LogP contribution in [0.4, 0.5) is 0 Å². The third-order valence-corrected chi connectivity index (χ3v) is 5.27. The molecule has 1 aliphatic carbocycles. The summed E-state index contributed by atoms with van der Waals surface area (Å²) in [5.74, 6) is 2.31. The highest BCUT2D eigenvalue weighted by Crippen LogP contribution is 2.16. The fourth-order valence-electron chi connectivity index (χ4n) is 3.90. The summed E-state index contributed by atoms with van der Waals surface area (Å²) >= 11 is 0. The van der Waals surface area contributed by atoms with Crippen molar-refractivity contribution in [1.29, 1.82) is 0 Å². The number of rotatable bonds is 4. The Balaban J connectivity index is 1.31. The Labute approximate surface area is 154 Å². The van der Waals surface area contributed by atoms with Crippen molar-refractivity contribution in [3.8, 4) is 0 Å². The van der Waals surface area contributed by atoms with Gasteiger partial charge in [0.15, 0.2) is 5.82 Å². The number of aromatic amines is 1. The number of amides is 1. The second kappa shape index (κ2) is 6.29. The van der Waals surface area contributed by atoms with Crippen molar-refractivity contribution in [3.05, 3.63) is 39.1 Å². The van der Waals surface area contributed by atoms with Crippen LogP contribution in [0.5, 0.6) is 0 Å². The number of nitrogens with one attached hydrogen (secondary N) is 2. The topological polar surface area (TPSA) is 123 Å². The Morgan fingerprint density at radius 1 is 1.11 bits per heavy atom. The van der Waals surface area contributed by atoms with Crippen LogP contribution in [0.25, 0.3) is 5.78 Å². The molecule has 0 aromatic carbocycles. The van der Waals surface area contributed by atoms with Gasteiger partial charge in [0.1, 0.15) is 11.6 Å². The number of carbonyl (C=O) groups excluding carboxylic acids is 1. The number of hydrogen-bond donors (Lipinski definition) is 2. The van der Waals surface area contributed by atoms with Crippen molar-refractivity contribution in [2.75, 3.05) is 0 Å². The molecule has 0 fully saturated rings. The van der Waals surface area contributed by atoms with Crippen LogP contribution in [0, 0.1) is 0 Å². The summed E-state index contributed by atoms with van der Waals surface area (Å²) in [5, 5.41) is 14.0. The van der Waals surface area contributed by atoms with E-state index in [0.717, 1.165) is 68.0 Å². The minimum Gasteiger partial charge on any atom is -0.348 e. The Morgan fingerprint density at radius 3 is 2.93 bits per heavy atom. The molecule has 0 atom stereocenters. The van der Waals surface area contributed by atoms with Gasteiger partial charge in [-0.25, -0.2) is 4.98 Å². The minimum atomic E-state index is -0.192. The molecule has 5 rings (SSSR count). The second-order valence-corrected chi connectivity index (χ2v) is 7.10. The second-order valence-electron chi connectivity index (χ2n) is 7.10. The summed E-state index contributed by atoms with van der Waals surface area (Å²) in [4.78, 5) is 33.7.